The molecule has 186 valence electrons. The maximum absolute atomic E-state index is 13.0. The van der Waals surface area contributed by atoms with Crippen LogP contribution >= 0.6 is 0 Å². The lowest BCUT2D eigenvalue weighted by atomic mass is 10.0. The van der Waals surface area contributed by atoms with Gasteiger partial charge in [0, 0.05) is 31.6 Å². The quantitative estimate of drug-likeness (QED) is 0.655. The summed E-state index contributed by atoms with van der Waals surface area (Å²) >= 11 is 0. The molecule has 1 N–H and O–H groups in total. The molecule has 1 atom stereocenters. The van der Waals surface area contributed by atoms with E-state index in [2.05, 4.69) is 4.72 Å². The number of amides is 2. The van der Waals surface area contributed by atoms with Crippen molar-refractivity contribution in [2.24, 2.45) is 0 Å². The van der Waals surface area contributed by atoms with E-state index in [1.807, 2.05) is 18.2 Å². The molecule has 0 aromatic heterocycles. The number of nitrogens with zero attached hydrogens (tertiary/aromatic N) is 2. The number of carbonyl (C=O) groups is 2. The van der Waals surface area contributed by atoms with Gasteiger partial charge in [0.15, 0.2) is 11.5 Å². The van der Waals surface area contributed by atoms with Crippen LogP contribution in [0.1, 0.15) is 43.7 Å². The molecule has 10 heteroatoms. The second-order valence-corrected chi connectivity index (χ2v) is 10.7. The van der Waals surface area contributed by atoms with E-state index in [0.29, 0.717) is 49.9 Å². The predicted octanol–water partition coefficient (Wildman–Crippen LogP) is 2.62. The zero-order valence-electron chi connectivity index (χ0n) is 19.4. The zero-order valence-corrected chi connectivity index (χ0v) is 20.3. The van der Waals surface area contributed by atoms with Crippen molar-refractivity contribution in [3.63, 3.8) is 0 Å². The Hall–Kier alpha value is -3.11. The van der Waals surface area contributed by atoms with Crippen LogP contribution in [-0.2, 0) is 19.6 Å². The number of anilines is 1. The van der Waals surface area contributed by atoms with Crippen LogP contribution in [0, 0.1) is 0 Å². The molecule has 0 bridgehead atoms. The highest BCUT2D eigenvalue weighted by molar-refractivity contribution is 7.89. The van der Waals surface area contributed by atoms with Crippen molar-refractivity contribution >= 4 is 27.5 Å². The smallest absolute Gasteiger partial charge is 0.241 e. The summed E-state index contributed by atoms with van der Waals surface area (Å²) in [6.45, 7) is 2.08. The number of fused-ring (bicyclic) bond motifs is 1. The van der Waals surface area contributed by atoms with Crippen molar-refractivity contribution in [1.82, 2.24) is 9.62 Å². The van der Waals surface area contributed by atoms with Crippen molar-refractivity contribution < 1.29 is 27.5 Å². The maximum Gasteiger partial charge on any atom is 0.241 e. The molecular weight excluding hydrogens is 470 g/mol. The maximum atomic E-state index is 13.0. The Balaban J connectivity index is 1.23. The van der Waals surface area contributed by atoms with Crippen LogP contribution in [0.15, 0.2) is 47.4 Å². The van der Waals surface area contributed by atoms with Gasteiger partial charge in [0.05, 0.1) is 30.7 Å². The van der Waals surface area contributed by atoms with Gasteiger partial charge < -0.3 is 19.3 Å². The molecule has 0 aliphatic carbocycles. The zero-order chi connectivity index (χ0) is 24.4. The van der Waals surface area contributed by atoms with Crippen LogP contribution in [-0.4, -0.2) is 58.0 Å². The van der Waals surface area contributed by atoms with Gasteiger partial charge in [0.2, 0.25) is 21.8 Å². The molecule has 3 heterocycles. The molecule has 5 rings (SSSR count). The Bertz CT molecular complexity index is 1210. The number of hydrogen-bond acceptors (Lipinski definition) is 6. The van der Waals surface area contributed by atoms with Crippen molar-refractivity contribution in [2.45, 2.75) is 43.0 Å². The van der Waals surface area contributed by atoms with Gasteiger partial charge in [-0.15, -0.1) is 0 Å². The Morgan fingerprint density at radius 2 is 1.74 bits per heavy atom. The largest absolute Gasteiger partial charge is 0.490 e. The van der Waals surface area contributed by atoms with Gasteiger partial charge in [-0.2, -0.15) is 0 Å². The number of hydrogen-bond donors (Lipinski definition) is 1. The lowest BCUT2D eigenvalue weighted by molar-refractivity contribution is -0.130. The van der Waals surface area contributed by atoms with E-state index in [1.54, 1.807) is 21.9 Å². The first kappa shape index (κ1) is 23.6. The number of rotatable bonds is 6. The van der Waals surface area contributed by atoms with Gasteiger partial charge in [0.25, 0.3) is 0 Å². The number of likely N-dealkylation sites (tertiary alicyclic amines) is 1. The fourth-order valence-electron chi connectivity index (χ4n) is 4.87. The van der Waals surface area contributed by atoms with Crippen LogP contribution in [0.5, 0.6) is 11.5 Å². The van der Waals surface area contributed by atoms with Gasteiger partial charge in [0.1, 0.15) is 0 Å². The number of sulfonamides is 1. The number of benzene rings is 2. The van der Waals surface area contributed by atoms with Crippen molar-refractivity contribution in [3.05, 3.63) is 48.0 Å². The van der Waals surface area contributed by atoms with Crippen LogP contribution in [0.4, 0.5) is 5.69 Å². The van der Waals surface area contributed by atoms with Crippen LogP contribution in [0.25, 0.3) is 0 Å². The third-order valence-electron chi connectivity index (χ3n) is 6.68. The van der Waals surface area contributed by atoms with Crippen molar-refractivity contribution in [2.75, 3.05) is 37.7 Å². The molecule has 2 aromatic carbocycles. The molecule has 0 spiro atoms. The topological polar surface area (TPSA) is 105 Å². The molecule has 0 unspecified atom stereocenters. The molecule has 0 radical (unpaired) electrons. The first-order valence-corrected chi connectivity index (χ1v) is 13.5. The summed E-state index contributed by atoms with van der Waals surface area (Å²) in [5.74, 6) is 1.15. The Morgan fingerprint density at radius 3 is 2.49 bits per heavy atom. The molecule has 35 heavy (non-hydrogen) atoms. The lowest BCUT2D eigenvalue weighted by Gasteiger charge is -2.26. The standard InChI is InChI=1S/C25H29N3O6S/c29-24-5-2-12-27(24)19-7-9-20(10-8-19)35(31,32)26-17-25(30)28-13-1-4-21(28)18-6-11-22-23(16-18)34-15-3-14-33-22/h6-11,16,21,26H,1-5,12-15,17H2/t21-/m1/s1. The predicted molar refractivity (Wildman–Crippen MR) is 129 cm³/mol. The first-order chi connectivity index (χ1) is 16.9. The fraction of sp³-hybridized carbons (Fsp3) is 0.440. The van der Waals surface area contributed by atoms with Crippen LogP contribution in [0.3, 0.4) is 0 Å². The summed E-state index contributed by atoms with van der Waals surface area (Å²) in [4.78, 5) is 28.4. The Kier molecular flexibility index (Phi) is 6.66. The molecule has 3 aliphatic rings. The molecule has 9 nitrogen and oxygen atoms in total. The second kappa shape index (κ2) is 9.87. The molecule has 3 aliphatic heterocycles. The summed E-state index contributed by atoms with van der Waals surface area (Å²) < 4.78 is 39.5. The molecule has 2 aromatic rings. The normalized spacial score (nSPS) is 20.2. The molecule has 2 amide bonds. The monoisotopic (exact) mass is 499 g/mol. The number of carbonyl (C=O) groups excluding carboxylic acids is 2. The van der Waals surface area contributed by atoms with Crippen LogP contribution in [0.2, 0.25) is 0 Å². The average Bonchev–Trinajstić information content (AvgIpc) is 3.46. The lowest BCUT2D eigenvalue weighted by Crippen LogP contribution is -2.39. The van der Waals surface area contributed by atoms with Crippen LogP contribution < -0.4 is 19.1 Å². The second-order valence-electron chi connectivity index (χ2n) is 8.97. The summed E-state index contributed by atoms with van der Waals surface area (Å²) in [6, 6.07) is 11.8. The van der Waals surface area contributed by atoms with E-state index >= 15 is 0 Å². The fourth-order valence-corrected chi connectivity index (χ4v) is 5.84. The third kappa shape index (κ3) is 4.99. The van der Waals surface area contributed by atoms with Gasteiger partial charge >= 0.3 is 0 Å². The highest BCUT2D eigenvalue weighted by Gasteiger charge is 2.31. The Morgan fingerprint density at radius 1 is 0.971 bits per heavy atom. The third-order valence-corrected chi connectivity index (χ3v) is 8.09. The van der Waals surface area contributed by atoms with E-state index in [9.17, 15) is 18.0 Å². The molecule has 2 fully saturated rings. The minimum Gasteiger partial charge on any atom is -0.490 e. The summed E-state index contributed by atoms with van der Waals surface area (Å²) in [5.41, 5.74) is 1.63. The Labute approximate surface area is 205 Å². The number of ether oxygens (including phenoxy) is 2. The van der Waals surface area contributed by atoms with Gasteiger partial charge in [-0.1, -0.05) is 6.07 Å². The SMILES string of the molecule is O=C1CCCN1c1ccc(S(=O)(=O)NCC(=O)N2CCC[C@@H]2c2ccc3c(c2)OCCCO3)cc1. The first-order valence-electron chi connectivity index (χ1n) is 12.0. The molecular formula is C25H29N3O6S. The van der Waals surface area contributed by atoms with E-state index in [0.717, 1.165) is 31.2 Å². The van der Waals surface area contributed by atoms with Crippen molar-refractivity contribution in [3.8, 4) is 11.5 Å². The van der Waals surface area contributed by atoms with E-state index < -0.39 is 10.0 Å². The molecule has 2 saturated heterocycles. The minimum absolute atomic E-state index is 0.0399. The highest BCUT2D eigenvalue weighted by atomic mass is 32.2. The van der Waals surface area contributed by atoms with Crippen molar-refractivity contribution in [1.29, 1.82) is 0 Å². The van der Waals surface area contributed by atoms with Gasteiger partial charge in [-0.3, -0.25) is 9.59 Å². The van der Waals surface area contributed by atoms with Gasteiger partial charge in [-0.05, 0) is 61.2 Å². The van der Waals surface area contributed by atoms with Gasteiger partial charge in [-0.25, -0.2) is 13.1 Å². The summed E-state index contributed by atoms with van der Waals surface area (Å²) in [5, 5.41) is 0. The molecule has 0 saturated carbocycles. The van der Waals surface area contributed by atoms with E-state index in [1.165, 1.54) is 12.1 Å². The summed E-state index contributed by atoms with van der Waals surface area (Å²) in [6.07, 6.45) is 3.76. The highest BCUT2D eigenvalue weighted by Crippen LogP contribution is 2.38. The number of nitrogens with one attached hydrogen (secondary N) is 1. The average molecular weight is 500 g/mol. The van der Waals surface area contributed by atoms with E-state index in [-0.39, 0.29) is 29.3 Å². The minimum atomic E-state index is -3.87. The summed E-state index contributed by atoms with van der Waals surface area (Å²) in [7, 11) is -3.87. The van der Waals surface area contributed by atoms with E-state index in [4.69, 9.17) is 9.47 Å².